The molecule has 0 spiro atoms. The predicted octanol–water partition coefficient (Wildman–Crippen LogP) is 2.49. The minimum absolute atomic E-state index is 0.155. The van der Waals surface area contributed by atoms with Crippen LogP contribution in [0.25, 0.3) is 0 Å². The molecule has 0 radical (unpaired) electrons. The number of ether oxygens (including phenoxy) is 1. The number of carboxylic acid groups (broad SMARTS) is 1. The average Bonchev–Trinajstić information content (AvgIpc) is 2.60. The second kappa shape index (κ2) is 8.52. The Kier molecular flexibility index (Phi) is 6.40. The van der Waals surface area contributed by atoms with E-state index in [9.17, 15) is 14.0 Å². The zero-order chi connectivity index (χ0) is 17.5. The molecule has 1 saturated heterocycles. The second-order valence-corrected chi connectivity index (χ2v) is 5.89. The fourth-order valence-electron chi connectivity index (χ4n) is 2.67. The third kappa shape index (κ3) is 4.84. The quantitative estimate of drug-likeness (QED) is 0.835. The Morgan fingerprint density at radius 2 is 2.21 bits per heavy atom. The Morgan fingerprint density at radius 3 is 2.88 bits per heavy atom. The summed E-state index contributed by atoms with van der Waals surface area (Å²) < 4.78 is 19.2. The van der Waals surface area contributed by atoms with Gasteiger partial charge in [-0.1, -0.05) is 19.1 Å². The molecule has 1 aromatic rings. The van der Waals surface area contributed by atoms with Crippen LogP contribution < -0.4 is 10.1 Å². The molecule has 7 heteroatoms. The van der Waals surface area contributed by atoms with E-state index in [0.29, 0.717) is 25.8 Å². The molecule has 1 unspecified atom stereocenters. The van der Waals surface area contributed by atoms with Crippen LogP contribution in [-0.4, -0.2) is 47.7 Å². The van der Waals surface area contributed by atoms with Crippen molar-refractivity contribution in [2.45, 2.75) is 32.3 Å². The lowest BCUT2D eigenvalue weighted by atomic mass is 9.99. The Morgan fingerprint density at radius 1 is 1.46 bits per heavy atom. The smallest absolute Gasteiger partial charge is 0.317 e. The van der Waals surface area contributed by atoms with Gasteiger partial charge in [0.25, 0.3) is 0 Å². The predicted molar refractivity (Wildman–Crippen MR) is 86.4 cm³/mol. The number of benzene rings is 1. The summed E-state index contributed by atoms with van der Waals surface area (Å²) in [6, 6.07) is 5.82. The van der Waals surface area contributed by atoms with Crippen LogP contribution in [0.15, 0.2) is 24.3 Å². The van der Waals surface area contributed by atoms with Crippen LogP contribution in [-0.2, 0) is 4.79 Å². The summed E-state index contributed by atoms with van der Waals surface area (Å²) in [5, 5.41) is 11.8. The summed E-state index contributed by atoms with van der Waals surface area (Å²) in [4.78, 5) is 24.8. The molecule has 2 amide bonds. The van der Waals surface area contributed by atoms with Crippen molar-refractivity contribution in [1.82, 2.24) is 10.2 Å². The van der Waals surface area contributed by atoms with Crippen LogP contribution in [0.1, 0.15) is 26.2 Å². The first kappa shape index (κ1) is 18.0. The van der Waals surface area contributed by atoms with E-state index in [4.69, 9.17) is 9.84 Å². The van der Waals surface area contributed by atoms with Crippen molar-refractivity contribution in [3.63, 3.8) is 0 Å². The molecule has 2 atom stereocenters. The molecule has 0 aliphatic carbocycles. The van der Waals surface area contributed by atoms with Crippen LogP contribution in [0.2, 0.25) is 0 Å². The number of amides is 2. The normalized spacial score (nSPS) is 18.8. The largest absolute Gasteiger partial charge is 0.486 e. The lowest BCUT2D eigenvalue weighted by molar-refractivity contribution is -0.143. The van der Waals surface area contributed by atoms with Crippen molar-refractivity contribution >= 4 is 12.0 Å². The van der Waals surface area contributed by atoms with Crippen molar-refractivity contribution in [2.75, 3.05) is 19.6 Å². The van der Waals surface area contributed by atoms with Gasteiger partial charge in [-0.05, 0) is 31.4 Å². The van der Waals surface area contributed by atoms with Crippen molar-refractivity contribution in [3.05, 3.63) is 30.1 Å². The first-order chi connectivity index (χ1) is 11.5. The van der Waals surface area contributed by atoms with E-state index in [0.717, 1.165) is 0 Å². The number of urea groups is 1. The number of carboxylic acids is 1. The topological polar surface area (TPSA) is 78.9 Å². The summed E-state index contributed by atoms with van der Waals surface area (Å²) in [5.74, 6) is -1.67. The summed E-state index contributed by atoms with van der Waals surface area (Å²) in [6.45, 7) is 2.88. The lowest BCUT2D eigenvalue weighted by Crippen LogP contribution is -2.49. The highest BCUT2D eigenvalue weighted by Gasteiger charge is 2.28. The molecular formula is C17H23FN2O4. The van der Waals surface area contributed by atoms with E-state index in [1.165, 1.54) is 11.0 Å². The van der Waals surface area contributed by atoms with Gasteiger partial charge in [0.2, 0.25) is 0 Å². The Bertz CT molecular complexity index is 581. The van der Waals surface area contributed by atoms with Gasteiger partial charge in [-0.2, -0.15) is 0 Å². The van der Waals surface area contributed by atoms with Crippen molar-refractivity contribution in [2.24, 2.45) is 5.92 Å². The van der Waals surface area contributed by atoms with Gasteiger partial charge in [0.1, 0.15) is 6.10 Å². The number of carbonyl (C=O) groups is 2. The SMILES string of the molecule is CCC(CNC(=O)N1CCC[C@@H](C(=O)O)C1)Oc1ccccc1F. The number of nitrogens with one attached hydrogen (secondary N) is 1. The molecule has 1 aromatic carbocycles. The maximum atomic E-state index is 13.6. The van der Waals surface area contributed by atoms with E-state index in [-0.39, 0.29) is 31.0 Å². The number of rotatable bonds is 6. The number of aliphatic carboxylic acids is 1. The van der Waals surface area contributed by atoms with E-state index in [1.807, 2.05) is 6.92 Å². The third-order valence-electron chi connectivity index (χ3n) is 4.12. The lowest BCUT2D eigenvalue weighted by Gasteiger charge is -2.31. The first-order valence-corrected chi connectivity index (χ1v) is 8.18. The van der Waals surface area contributed by atoms with E-state index in [1.54, 1.807) is 18.2 Å². The number of hydrogen-bond donors (Lipinski definition) is 2. The van der Waals surface area contributed by atoms with Crippen LogP contribution in [0.4, 0.5) is 9.18 Å². The summed E-state index contributed by atoms with van der Waals surface area (Å²) in [7, 11) is 0. The number of carbonyl (C=O) groups excluding carboxylic acids is 1. The van der Waals surface area contributed by atoms with Crippen molar-refractivity contribution in [1.29, 1.82) is 0 Å². The number of hydrogen-bond acceptors (Lipinski definition) is 3. The van der Waals surface area contributed by atoms with Gasteiger partial charge in [0, 0.05) is 13.1 Å². The van der Waals surface area contributed by atoms with Crippen molar-refractivity contribution < 1.29 is 23.8 Å². The molecular weight excluding hydrogens is 315 g/mol. The van der Waals surface area contributed by atoms with E-state index < -0.39 is 17.7 Å². The van der Waals surface area contributed by atoms with Gasteiger partial charge in [0.05, 0.1) is 12.5 Å². The van der Waals surface area contributed by atoms with E-state index >= 15 is 0 Å². The van der Waals surface area contributed by atoms with Gasteiger partial charge in [-0.15, -0.1) is 0 Å². The second-order valence-electron chi connectivity index (χ2n) is 5.89. The highest BCUT2D eigenvalue weighted by Crippen LogP contribution is 2.18. The third-order valence-corrected chi connectivity index (χ3v) is 4.12. The molecule has 0 saturated carbocycles. The Hall–Kier alpha value is -2.31. The monoisotopic (exact) mass is 338 g/mol. The maximum Gasteiger partial charge on any atom is 0.317 e. The Balaban J connectivity index is 1.85. The fourth-order valence-corrected chi connectivity index (χ4v) is 2.67. The molecule has 132 valence electrons. The van der Waals surface area contributed by atoms with Crippen LogP contribution >= 0.6 is 0 Å². The number of halogens is 1. The number of para-hydroxylation sites is 1. The van der Waals surface area contributed by atoms with Gasteiger partial charge >= 0.3 is 12.0 Å². The average molecular weight is 338 g/mol. The van der Waals surface area contributed by atoms with Crippen LogP contribution in [0.3, 0.4) is 0 Å². The van der Waals surface area contributed by atoms with Gasteiger partial charge < -0.3 is 20.1 Å². The van der Waals surface area contributed by atoms with Gasteiger partial charge in [0.15, 0.2) is 11.6 Å². The number of nitrogens with zero attached hydrogens (tertiary/aromatic N) is 1. The van der Waals surface area contributed by atoms with Crippen molar-refractivity contribution in [3.8, 4) is 5.75 Å². The molecule has 1 aliphatic heterocycles. The molecule has 2 N–H and O–H groups in total. The van der Waals surface area contributed by atoms with Gasteiger partial charge in [-0.3, -0.25) is 4.79 Å². The highest BCUT2D eigenvalue weighted by molar-refractivity contribution is 5.76. The van der Waals surface area contributed by atoms with Crippen LogP contribution in [0, 0.1) is 11.7 Å². The molecule has 0 aromatic heterocycles. The molecule has 6 nitrogen and oxygen atoms in total. The zero-order valence-corrected chi connectivity index (χ0v) is 13.7. The van der Waals surface area contributed by atoms with Crippen LogP contribution in [0.5, 0.6) is 5.75 Å². The zero-order valence-electron chi connectivity index (χ0n) is 13.7. The summed E-state index contributed by atoms with van der Waals surface area (Å²) in [6.07, 6.45) is 1.51. The summed E-state index contributed by atoms with van der Waals surface area (Å²) >= 11 is 0. The van der Waals surface area contributed by atoms with Gasteiger partial charge in [-0.25, -0.2) is 9.18 Å². The minimum Gasteiger partial charge on any atom is -0.486 e. The standard InChI is InChI=1S/C17H23FN2O4/c1-2-13(24-15-8-4-3-7-14(15)18)10-19-17(23)20-9-5-6-12(11-20)16(21)22/h3-4,7-8,12-13H,2,5-6,9-11H2,1H3,(H,19,23)(H,21,22)/t12-,13?/m1/s1. The molecule has 1 fully saturated rings. The molecule has 1 heterocycles. The fraction of sp³-hybridized carbons (Fsp3) is 0.529. The minimum atomic E-state index is -0.873. The highest BCUT2D eigenvalue weighted by atomic mass is 19.1. The summed E-state index contributed by atoms with van der Waals surface area (Å²) in [5.41, 5.74) is 0. The Labute approximate surface area is 140 Å². The van der Waals surface area contributed by atoms with E-state index in [2.05, 4.69) is 5.32 Å². The molecule has 2 rings (SSSR count). The maximum absolute atomic E-state index is 13.6. The first-order valence-electron chi connectivity index (χ1n) is 8.18. The number of likely N-dealkylation sites (tertiary alicyclic amines) is 1. The molecule has 0 bridgehead atoms. The molecule has 1 aliphatic rings. The molecule has 24 heavy (non-hydrogen) atoms. The number of piperidine rings is 1.